The molecule has 1 saturated heterocycles. The molecule has 0 saturated carbocycles. The van der Waals surface area contributed by atoms with Crippen LogP contribution in [0.3, 0.4) is 0 Å². The lowest BCUT2D eigenvalue weighted by atomic mass is 10.0. The average molecular weight is 288 g/mol. The van der Waals surface area contributed by atoms with Gasteiger partial charge in [0.2, 0.25) is 5.91 Å². The molecule has 2 rings (SSSR count). The minimum atomic E-state index is -4.40. The molecule has 1 aliphatic rings. The summed E-state index contributed by atoms with van der Waals surface area (Å²) in [5, 5.41) is 11.8. The molecule has 4 nitrogen and oxygen atoms in total. The molecule has 1 unspecified atom stereocenters. The van der Waals surface area contributed by atoms with E-state index in [9.17, 15) is 18.0 Å². The van der Waals surface area contributed by atoms with E-state index in [0.717, 1.165) is 12.1 Å². The minimum Gasteiger partial charge on any atom is -0.394 e. The summed E-state index contributed by atoms with van der Waals surface area (Å²) >= 11 is 0. The second-order valence-corrected chi connectivity index (χ2v) is 4.66. The van der Waals surface area contributed by atoms with Crippen LogP contribution in [0.25, 0.3) is 0 Å². The fourth-order valence-electron chi connectivity index (χ4n) is 2.38. The van der Waals surface area contributed by atoms with Crippen molar-refractivity contribution in [3.63, 3.8) is 0 Å². The molecule has 1 aliphatic heterocycles. The topological polar surface area (TPSA) is 43.8 Å². The number of halogens is 3. The molecule has 0 aromatic heterocycles. The number of amides is 1. The number of aliphatic hydroxyl groups excluding tert-OH is 1. The van der Waals surface area contributed by atoms with Gasteiger partial charge < -0.3 is 5.11 Å². The number of alkyl halides is 3. The molecule has 0 bridgehead atoms. The standard InChI is InChI=1S/C13H15F3N2O2/c1-17-11(8-12(20)18(17)5-6-19)9-3-2-4-10(7-9)13(14,15)16/h2-4,7,11,19H,5-6,8H2,1H3. The van der Waals surface area contributed by atoms with Crippen molar-refractivity contribution in [2.24, 2.45) is 0 Å². The third kappa shape index (κ3) is 2.78. The van der Waals surface area contributed by atoms with Gasteiger partial charge in [-0.15, -0.1) is 0 Å². The number of hydrogen-bond donors (Lipinski definition) is 1. The van der Waals surface area contributed by atoms with E-state index >= 15 is 0 Å². The monoisotopic (exact) mass is 288 g/mol. The zero-order valence-corrected chi connectivity index (χ0v) is 10.9. The van der Waals surface area contributed by atoms with Crippen LogP contribution in [-0.2, 0) is 11.0 Å². The molecule has 20 heavy (non-hydrogen) atoms. The summed E-state index contributed by atoms with van der Waals surface area (Å²) in [6.07, 6.45) is -4.29. The highest BCUT2D eigenvalue weighted by molar-refractivity contribution is 5.78. The molecular formula is C13H15F3N2O2. The summed E-state index contributed by atoms with van der Waals surface area (Å²) in [6, 6.07) is 4.55. The predicted octanol–water partition coefficient (Wildman–Crippen LogP) is 1.82. The molecule has 1 aromatic carbocycles. The number of aliphatic hydroxyl groups is 1. The first-order valence-corrected chi connectivity index (χ1v) is 6.15. The zero-order valence-electron chi connectivity index (χ0n) is 10.9. The molecule has 1 aromatic rings. The first kappa shape index (κ1) is 14.8. The highest BCUT2D eigenvalue weighted by Gasteiger charge is 2.37. The van der Waals surface area contributed by atoms with Crippen LogP contribution in [0.2, 0.25) is 0 Å². The number of β-amino-alcohol motifs (C(OH)–C–C–N with tert-alkyl or cyclic N) is 1. The van der Waals surface area contributed by atoms with Crippen molar-refractivity contribution < 1.29 is 23.1 Å². The number of rotatable bonds is 3. The second-order valence-electron chi connectivity index (χ2n) is 4.66. The number of carbonyl (C=O) groups is 1. The fraction of sp³-hybridized carbons (Fsp3) is 0.462. The minimum absolute atomic E-state index is 0.109. The molecule has 0 radical (unpaired) electrons. The maximum absolute atomic E-state index is 12.7. The number of hydrazine groups is 1. The van der Waals surface area contributed by atoms with Crippen LogP contribution < -0.4 is 0 Å². The molecule has 1 heterocycles. The summed E-state index contributed by atoms with van der Waals surface area (Å²) < 4.78 is 38.1. The van der Waals surface area contributed by atoms with Gasteiger partial charge in [-0.25, -0.2) is 5.01 Å². The van der Waals surface area contributed by atoms with Crippen molar-refractivity contribution in [1.82, 2.24) is 10.0 Å². The zero-order chi connectivity index (χ0) is 14.9. The van der Waals surface area contributed by atoms with Crippen LogP contribution in [0, 0.1) is 0 Å². The average Bonchev–Trinajstić information content (AvgIpc) is 2.66. The molecule has 0 spiro atoms. The normalized spacial score (nSPS) is 20.8. The van der Waals surface area contributed by atoms with Crippen molar-refractivity contribution in [1.29, 1.82) is 0 Å². The van der Waals surface area contributed by atoms with Crippen LogP contribution in [0.1, 0.15) is 23.6 Å². The molecule has 1 fully saturated rings. The summed E-state index contributed by atoms with van der Waals surface area (Å²) in [7, 11) is 1.63. The van der Waals surface area contributed by atoms with E-state index in [4.69, 9.17) is 5.11 Å². The van der Waals surface area contributed by atoms with Crippen LogP contribution in [0.5, 0.6) is 0 Å². The Labute approximate surface area is 114 Å². The highest BCUT2D eigenvalue weighted by atomic mass is 19.4. The van der Waals surface area contributed by atoms with E-state index in [-0.39, 0.29) is 25.5 Å². The Morgan fingerprint density at radius 3 is 2.70 bits per heavy atom. The Morgan fingerprint density at radius 1 is 1.40 bits per heavy atom. The summed E-state index contributed by atoms with van der Waals surface area (Å²) in [4.78, 5) is 11.8. The van der Waals surface area contributed by atoms with E-state index in [2.05, 4.69) is 0 Å². The maximum Gasteiger partial charge on any atom is 0.416 e. The van der Waals surface area contributed by atoms with Crippen LogP contribution in [-0.4, -0.2) is 41.2 Å². The lowest BCUT2D eigenvalue weighted by Gasteiger charge is -2.28. The second kappa shape index (κ2) is 5.41. The molecule has 0 aliphatic carbocycles. The first-order chi connectivity index (χ1) is 9.34. The van der Waals surface area contributed by atoms with E-state index in [0.29, 0.717) is 5.56 Å². The Balaban J connectivity index is 2.27. The molecule has 7 heteroatoms. The van der Waals surface area contributed by atoms with Gasteiger partial charge in [-0.2, -0.15) is 13.2 Å². The highest BCUT2D eigenvalue weighted by Crippen LogP contribution is 2.35. The van der Waals surface area contributed by atoms with Crippen LogP contribution in [0.4, 0.5) is 13.2 Å². The number of nitrogens with zero attached hydrogens (tertiary/aromatic N) is 2. The van der Waals surface area contributed by atoms with Gasteiger partial charge >= 0.3 is 6.18 Å². The molecule has 110 valence electrons. The predicted molar refractivity (Wildman–Crippen MR) is 65.4 cm³/mol. The van der Waals surface area contributed by atoms with Gasteiger partial charge in [0, 0.05) is 13.5 Å². The quantitative estimate of drug-likeness (QED) is 0.922. The number of carbonyl (C=O) groups excluding carboxylic acids is 1. The first-order valence-electron chi connectivity index (χ1n) is 6.15. The smallest absolute Gasteiger partial charge is 0.394 e. The maximum atomic E-state index is 12.7. The largest absolute Gasteiger partial charge is 0.416 e. The SMILES string of the molecule is CN1C(c2cccc(C(F)(F)F)c2)CC(=O)N1CCO. The van der Waals surface area contributed by atoms with Crippen molar-refractivity contribution in [3.05, 3.63) is 35.4 Å². The van der Waals surface area contributed by atoms with E-state index < -0.39 is 17.8 Å². The van der Waals surface area contributed by atoms with Crippen molar-refractivity contribution in [3.8, 4) is 0 Å². The van der Waals surface area contributed by atoms with Crippen molar-refractivity contribution >= 4 is 5.91 Å². The molecular weight excluding hydrogens is 273 g/mol. The number of benzene rings is 1. The van der Waals surface area contributed by atoms with Crippen LogP contribution in [0.15, 0.2) is 24.3 Å². The molecule has 1 atom stereocenters. The Bertz CT molecular complexity index is 505. The van der Waals surface area contributed by atoms with Crippen LogP contribution >= 0.6 is 0 Å². The summed E-state index contributed by atoms with van der Waals surface area (Å²) in [6.45, 7) is -0.0455. The lowest BCUT2D eigenvalue weighted by Crippen LogP contribution is -2.39. The van der Waals surface area contributed by atoms with Gasteiger partial charge in [0.1, 0.15) is 0 Å². The van der Waals surface area contributed by atoms with Gasteiger partial charge in [-0.1, -0.05) is 12.1 Å². The Hall–Kier alpha value is -1.60. The van der Waals surface area contributed by atoms with E-state index in [1.165, 1.54) is 11.1 Å². The van der Waals surface area contributed by atoms with Gasteiger partial charge in [-0.05, 0) is 17.7 Å². The van der Waals surface area contributed by atoms with Gasteiger partial charge in [-0.3, -0.25) is 9.80 Å². The fourth-order valence-corrected chi connectivity index (χ4v) is 2.38. The Kier molecular flexibility index (Phi) is 4.01. The van der Waals surface area contributed by atoms with Gasteiger partial charge in [0.05, 0.1) is 24.8 Å². The van der Waals surface area contributed by atoms with E-state index in [1.807, 2.05) is 0 Å². The lowest BCUT2D eigenvalue weighted by molar-refractivity contribution is -0.139. The molecule has 1 N–H and O–H groups in total. The number of hydrogen-bond acceptors (Lipinski definition) is 3. The summed E-state index contributed by atoms with van der Waals surface area (Å²) in [5.74, 6) is -0.205. The third-order valence-electron chi connectivity index (χ3n) is 3.40. The molecule has 1 amide bonds. The van der Waals surface area contributed by atoms with Crippen molar-refractivity contribution in [2.75, 3.05) is 20.2 Å². The Morgan fingerprint density at radius 2 is 2.10 bits per heavy atom. The summed E-state index contributed by atoms with van der Waals surface area (Å²) in [5.41, 5.74) is -0.285. The van der Waals surface area contributed by atoms with Gasteiger partial charge in [0.15, 0.2) is 0 Å². The third-order valence-corrected chi connectivity index (χ3v) is 3.40. The van der Waals surface area contributed by atoms with Crippen molar-refractivity contribution in [2.45, 2.75) is 18.6 Å². The van der Waals surface area contributed by atoms with Gasteiger partial charge in [0.25, 0.3) is 0 Å². The van der Waals surface area contributed by atoms with E-state index in [1.54, 1.807) is 18.1 Å².